The second-order valence-electron chi connectivity index (χ2n) is 6.24. The van der Waals surface area contributed by atoms with Gasteiger partial charge in [0, 0.05) is 21.9 Å². The van der Waals surface area contributed by atoms with Gasteiger partial charge in [0.05, 0.1) is 0 Å². The first-order valence-corrected chi connectivity index (χ1v) is 9.77. The molecule has 0 spiro atoms. The molecule has 0 radical (unpaired) electrons. The van der Waals surface area contributed by atoms with E-state index in [-0.39, 0.29) is 11.5 Å². The van der Waals surface area contributed by atoms with E-state index in [0.717, 1.165) is 9.79 Å². The van der Waals surface area contributed by atoms with Gasteiger partial charge in [-0.1, -0.05) is 23.9 Å². The minimum atomic E-state index is 0.172. The lowest BCUT2D eigenvalue weighted by atomic mass is 10.3. The molecule has 2 N–H and O–H groups in total. The SMILES string of the molecule is Oc1cccc(Oc2ccc(Sc3ccc(Oc4cccc(O)c4)cc3)cc2)c1. The molecule has 0 saturated heterocycles. The lowest BCUT2D eigenvalue weighted by Gasteiger charge is -2.08. The third-order valence-electron chi connectivity index (χ3n) is 3.99. The molecule has 0 aliphatic rings. The molecule has 0 unspecified atom stereocenters. The molecule has 0 aromatic heterocycles. The molecule has 0 amide bonds. The van der Waals surface area contributed by atoms with Crippen LogP contribution in [0.4, 0.5) is 0 Å². The standard InChI is InChI=1S/C24H18O4S/c25-17-3-1-5-21(15-17)27-19-7-11-23(12-8-19)29-24-13-9-20(10-14-24)28-22-6-2-4-18(26)16-22/h1-16,25-26H. The summed E-state index contributed by atoms with van der Waals surface area (Å²) in [6.45, 7) is 0. The van der Waals surface area contributed by atoms with E-state index in [2.05, 4.69) is 0 Å². The van der Waals surface area contributed by atoms with Crippen molar-refractivity contribution >= 4 is 11.8 Å². The molecule has 0 fully saturated rings. The smallest absolute Gasteiger partial charge is 0.131 e. The lowest BCUT2D eigenvalue weighted by molar-refractivity contribution is 0.454. The van der Waals surface area contributed by atoms with E-state index >= 15 is 0 Å². The first-order valence-electron chi connectivity index (χ1n) is 8.96. The van der Waals surface area contributed by atoms with Gasteiger partial charge in [0.25, 0.3) is 0 Å². The van der Waals surface area contributed by atoms with Crippen LogP contribution in [0.1, 0.15) is 0 Å². The molecule has 4 aromatic carbocycles. The summed E-state index contributed by atoms with van der Waals surface area (Å²) in [5.74, 6) is 2.93. The van der Waals surface area contributed by atoms with Crippen molar-refractivity contribution in [3.63, 3.8) is 0 Å². The van der Waals surface area contributed by atoms with Crippen molar-refractivity contribution in [1.82, 2.24) is 0 Å². The molecule has 4 nitrogen and oxygen atoms in total. The first kappa shape index (κ1) is 18.8. The number of phenolic OH excluding ortho intramolecular Hbond substituents is 2. The average Bonchev–Trinajstić information content (AvgIpc) is 2.71. The highest BCUT2D eigenvalue weighted by atomic mass is 32.2. The predicted octanol–water partition coefficient (Wildman–Crippen LogP) is 6.83. The molecule has 0 aliphatic carbocycles. The van der Waals surface area contributed by atoms with Crippen LogP contribution in [0.2, 0.25) is 0 Å². The van der Waals surface area contributed by atoms with Gasteiger partial charge in [-0.05, 0) is 72.8 Å². The summed E-state index contributed by atoms with van der Waals surface area (Å²) in [5, 5.41) is 19.0. The van der Waals surface area contributed by atoms with Crippen molar-refractivity contribution in [3.8, 4) is 34.5 Å². The fraction of sp³-hybridized carbons (Fsp3) is 0. The highest BCUT2D eigenvalue weighted by molar-refractivity contribution is 7.99. The monoisotopic (exact) mass is 402 g/mol. The third kappa shape index (κ3) is 5.24. The highest BCUT2D eigenvalue weighted by Gasteiger charge is 2.03. The van der Waals surface area contributed by atoms with Crippen molar-refractivity contribution in [2.24, 2.45) is 0 Å². The van der Waals surface area contributed by atoms with Crippen LogP contribution in [-0.2, 0) is 0 Å². The van der Waals surface area contributed by atoms with Crippen molar-refractivity contribution in [2.75, 3.05) is 0 Å². The van der Waals surface area contributed by atoms with Gasteiger partial charge in [0.1, 0.15) is 34.5 Å². The minimum Gasteiger partial charge on any atom is -0.508 e. The number of benzene rings is 4. The highest BCUT2D eigenvalue weighted by Crippen LogP contribution is 2.33. The van der Waals surface area contributed by atoms with E-state index in [4.69, 9.17) is 9.47 Å². The van der Waals surface area contributed by atoms with E-state index in [0.29, 0.717) is 23.0 Å². The number of hydrogen-bond donors (Lipinski definition) is 2. The number of ether oxygens (including phenoxy) is 2. The molecule has 0 atom stereocenters. The van der Waals surface area contributed by atoms with Crippen molar-refractivity contribution in [1.29, 1.82) is 0 Å². The van der Waals surface area contributed by atoms with Crippen molar-refractivity contribution in [2.45, 2.75) is 9.79 Å². The second-order valence-corrected chi connectivity index (χ2v) is 7.39. The van der Waals surface area contributed by atoms with Crippen LogP contribution in [0.25, 0.3) is 0 Å². The van der Waals surface area contributed by atoms with Gasteiger partial charge in [0.15, 0.2) is 0 Å². The van der Waals surface area contributed by atoms with Gasteiger partial charge in [0.2, 0.25) is 0 Å². The van der Waals surface area contributed by atoms with Crippen LogP contribution in [0.3, 0.4) is 0 Å². The van der Waals surface area contributed by atoms with E-state index < -0.39 is 0 Å². The Hall–Kier alpha value is -3.57. The zero-order valence-electron chi connectivity index (χ0n) is 15.4. The van der Waals surface area contributed by atoms with Crippen LogP contribution in [0.15, 0.2) is 107 Å². The Bertz CT molecular complexity index is 1000. The average molecular weight is 402 g/mol. The van der Waals surface area contributed by atoms with Crippen LogP contribution in [-0.4, -0.2) is 10.2 Å². The molecule has 0 bridgehead atoms. The summed E-state index contributed by atoms with van der Waals surface area (Å²) >= 11 is 1.63. The Labute approximate surface area is 173 Å². The van der Waals surface area contributed by atoms with Crippen molar-refractivity contribution in [3.05, 3.63) is 97.1 Å². The fourth-order valence-electron chi connectivity index (χ4n) is 2.65. The normalized spacial score (nSPS) is 10.5. The first-order chi connectivity index (χ1) is 14.1. The lowest BCUT2D eigenvalue weighted by Crippen LogP contribution is -1.84. The molecule has 29 heavy (non-hydrogen) atoms. The van der Waals surface area contributed by atoms with Gasteiger partial charge in [-0.15, -0.1) is 0 Å². The molecule has 144 valence electrons. The largest absolute Gasteiger partial charge is 0.508 e. The molecule has 0 aliphatic heterocycles. The van der Waals surface area contributed by atoms with Crippen LogP contribution in [0.5, 0.6) is 34.5 Å². The van der Waals surface area contributed by atoms with E-state index in [1.54, 1.807) is 60.3 Å². The predicted molar refractivity (Wildman–Crippen MR) is 113 cm³/mol. The number of aromatic hydroxyl groups is 2. The Morgan fingerprint density at radius 3 is 1.28 bits per heavy atom. The van der Waals surface area contributed by atoms with Gasteiger partial charge in [-0.3, -0.25) is 0 Å². The summed E-state index contributed by atoms with van der Waals surface area (Å²) in [4.78, 5) is 2.16. The van der Waals surface area contributed by atoms with Gasteiger partial charge in [-0.2, -0.15) is 0 Å². The van der Waals surface area contributed by atoms with Crippen molar-refractivity contribution < 1.29 is 19.7 Å². The van der Waals surface area contributed by atoms with Gasteiger partial charge in [-0.25, -0.2) is 0 Å². The number of hydrogen-bond acceptors (Lipinski definition) is 5. The van der Waals surface area contributed by atoms with Crippen LogP contribution in [0, 0.1) is 0 Å². The summed E-state index contributed by atoms with van der Waals surface area (Å²) in [6, 6.07) is 28.9. The Kier molecular flexibility index (Phi) is 5.59. The number of rotatable bonds is 6. The molecular formula is C24H18O4S. The summed E-state index contributed by atoms with van der Waals surface area (Å²) in [5.41, 5.74) is 0. The number of phenols is 2. The molecule has 4 rings (SSSR count). The maximum absolute atomic E-state index is 9.51. The summed E-state index contributed by atoms with van der Waals surface area (Å²) in [6.07, 6.45) is 0. The molecule has 0 heterocycles. The molecule has 0 saturated carbocycles. The van der Waals surface area contributed by atoms with Crippen LogP contribution >= 0.6 is 11.8 Å². The minimum absolute atomic E-state index is 0.172. The van der Waals surface area contributed by atoms with Crippen LogP contribution < -0.4 is 9.47 Å². The summed E-state index contributed by atoms with van der Waals surface area (Å²) in [7, 11) is 0. The van der Waals surface area contributed by atoms with Gasteiger partial charge < -0.3 is 19.7 Å². The van der Waals surface area contributed by atoms with Gasteiger partial charge >= 0.3 is 0 Å². The Morgan fingerprint density at radius 1 is 0.483 bits per heavy atom. The topological polar surface area (TPSA) is 58.9 Å². The van der Waals surface area contributed by atoms with E-state index in [9.17, 15) is 10.2 Å². The third-order valence-corrected chi connectivity index (χ3v) is 5.01. The maximum atomic E-state index is 9.51. The fourth-order valence-corrected chi connectivity index (χ4v) is 3.47. The van der Waals surface area contributed by atoms with E-state index in [1.165, 1.54) is 0 Å². The molecular weight excluding hydrogens is 384 g/mol. The molecule has 5 heteroatoms. The Balaban J connectivity index is 1.37. The van der Waals surface area contributed by atoms with E-state index in [1.807, 2.05) is 48.5 Å². The zero-order chi connectivity index (χ0) is 20.1. The second kappa shape index (κ2) is 8.63. The summed E-state index contributed by atoms with van der Waals surface area (Å²) < 4.78 is 11.5. The maximum Gasteiger partial charge on any atom is 0.131 e. The zero-order valence-corrected chi connectivity index (χ0v) is 16.2. The Morgan fingerprint density at radius 2 is 0.897 bits per heavy atom. The quantitative estimate of drug-likeness (QED) is 0.370. The molecule has 4 aromatic rings.